The van der Waals surface area contributed by atoms with E-state index < -0.39 is 0 Å². The van der Waals surface area contributed by atoms with E-state index in [1.807, 2.05) is 0 Å². The van der Waals surface area contributed by atoms with Gasteiger partial charge in [0, 0.05) is 30.4 Å². The van der Waals surface area contributed by atoms with Gasteiger partial charge in [0.1, 0.15) is 11.6 Å². The van der Waals surface area contributed by atoms with Gasteiger partial charge in [0.2, 0.25) is 0 Å². The molecule has 0 radical (unpaired) electrons. The van der Waals surface area contributed by atoms with Gasteiger partial charge in [-0.25, -0.2) is 4.39 Å². The first-order chi connectivity index (χ1) is 9.63. The fourth-order valence-corrected chi connectivity index (χ4v) is 1.87. The van der Waals surface area contributed by atoms with Crippen molar-refractivity contribution >= 4 is 0 Å². The van der Waals surface area contributed by atoms with Crippen LogP contribution in [-0.4, -0.2) is 11.2 Å². The van der Waals surface area contributed by atoms with E-state index >= 15 is 0 Å². The Morgan fingerprint density at radius 1 is 1.35 bits per heavy atom. The largest absolute Gasteiger partial charge is 0.492 e. The number of hydrogen-bond acceptors (Lipinski definition) is 2. The highest BCUT2D eigenvalue weighted by atomic mass is 19.1. The Morgan fingerprint density at radius 3 is 2.80 bits per heavy atom. The molecule has 4 heteroatoms. The Balaban J connectivity index is 2.50. The summed E-state index contributed by atoms with van der Waals surface area (Å²) in [7, 11) is 1.63. The molecule has 0 aliphatic rings. The van der Waals surface area contributed by atoms with Gasteiger partial charge >= 0.3 is 0 Å². The Labute approximate surface area is 116 Å². The summed E-state index contributed by atoms with van der Waals surface area (Å²) in [4.78, 5) is 11.7. The van der Waals surface area contributed by atoms with E-state index in [4.69, 9.17) is 4.74 Å². The Hall–Kier alpha value is -2.36. The third-order valence-corrected chi connectivity index (χ3v) is 2.93. The maximum atomic E-state index is 13.9. The van der Waals surface area contributed by atoms with E-state index in [0.717, 1.165) is 0 Å². The van der Waals surface area contributed by atoms with Crippen molar-refractivity contribution < 1.29 is 9.13 Å². The van der Waals surface area contributed by atoms with Gasteiger partial charge in [-0.15, -0.1) is 6.58 Å². The van der Waals surface area contributed by atoms with Crippen LogP contribution in [0.4, 0.5) is 4.39 Å². The number of rotatable bonds is 5. The molecule has 0 N–H and O–H groups in total. The lowest BCUT2D eigenvalue weighted by Gasteiger charge is -2.13. The summed E-state index contributed by atoms with van der Waals surface area (Å²) in [5.41, 5.74) is 0.782. The van der Waals surface area contributed by atoms with E-state index in [2.05, 4.69) is 6.58 Å². The van der Waals surface area contributed by atoms with Crippen LogP contribution < -0.4 is 10.3 Å². The second-order valence-electron chi connectivity index (χ2n) is 4.41. The molecular weight excluding hydrogens is 257 g/mol. The molecular formula is C16H16FNO2. The SMILES string of the molecule is C=CCCOc1cc(=O)n(C)cc1-c1ccccc1F. The molecule has 0 aliphatic carbocycles. The molecule has 1 aromatic heterocycles. The number of pyridine rings is 1. The van der Waals surface area contributed by atoms with Crippen LogP contribution in [0.3, 0.4) is 0 Å². The zero-order valence-electron chi connectivity index (χ0n) is 11.3. The normalized spacial score (nSPS) is 10.3. The van der Waals surface area contributed by atoms with Gasteiger partial charge < -0.3 is 9.30 Å². The van der Waals surface area contributed by atoms with Crippen molar-refractivity contribution in [3.8, 4) is 16.9 Å². The quantitative estimate of drug-likeness (QED) is 0.619. The lowest BCUT2D eigenvalue weighted by molar-refractivity contribution is 0.325. The number of hydrogen-bond donors (Lipinski definition) is 0. The zero-order valence-corrected chi connectivity index (χ0v) is 11.3. The molecule has 0 atom stereocenters. The fourth-order valence-electron chi connectivity index (χ4n) is 1.87. The third-order valence-electron chi connectivity index (χ3n) is 2.93. The first-order valence-corrected chi connectivity index (χ1v) is 6.32. The van der Waals surface area contributed by atoms with Crippen LogP contribution in [0.1, 0.15) is 6.42 Å². The van der Waals surface area contributed by atoms with E-state index in [9.17, 15) is 9.18 Å². The predicted molar refractivity (Wildman–Crippen MR) is 77.4 cm³/mol. The summed E-state index contributed by atoms with van der Waals surface area (Å²) in [5, 5.41) is 0. The Kier molecular flexibility index (Phi) is 4.35. The van der Waals surface area contributed by atoms with Crippen LogP contribution in [0.25, 0.3) is 11.1 Å². The average molecular weight is 273 g/mol. The van der Waals surface area contributed by atoms with E-state index in [-0.39, 0.29) is 11.4 Å². The minimum absolute atomic E-state index is 0.196. The van der Waals surface area contributed by atoms with Gasteiger partial charge in [0.05, 0.1) is 6.61 Å². The van der Waals surface area contributed by atoms with Crippen molar-refractivity contribution in [3.05, 3.63) is 65.4 Å². The lowest BCUT2D eigenvalue weighted by atomic mass is 10.1. The van der Waals surface area contributed by atoms with Crippen molar-refractivity contribution in [1.29, 1.82) is 0 Å². The van der Waals surface area contributed by atoms with Gasteiger partial charge in [-0.2, -0.15) is 0 Å². The van der Waals surface area contributed by atoms with Crippen molar-refractivity contribution in [3.63, 3.8) is 0 Å². The molecule has 0 saturated carbocycles. The molecule has 0 fully saturated rings. The average Bonchev–Trinajstić information content (AvgIpc) is 2.43. The topological polar surface area (TPSA) is 31.2 Å². The Morgan fingerprint density at radius 2 is 2.10 bits per heavy atom. The number of benzene rings is 1. The number of nitrogens with zero attached hydrogens (tertiary/aromatic N) is 1. The minimum Gasteiger partial charge on any atom is -0.492 e. The summed E-state index contributed by atoms with van der Waals surface area (Å²) >= 11 is 0. The van der Waals surface area contributed by atoms with Crippen LogP contribution in [0.15, 0.2) is 54.0 Å². The molecule has 0 saturated heterocycles. The predicted octanol–water partition coefficient (Wildman–Crippen LogP) is 3.15. The van der Waals surface area contributed by atoms with E-state index in [1.165, 1.54) is 16.7 Å². The van der Waals surface area contributed by atoms with Crippen LogP contribution in [-0.2, 0) is 7.05 Å². The van der Waals surface area contributed by atoms with Gasteiger partial charge in [-0.05, 0) is 12.5 Å². The number of ether oxygens (including phenoxy) is 1. The maximum Gasteiger partial charge on any atom is 0.254 e. The highest BCUT2D eigenvalue weighted by Crippen LogP contribution is 2.30. The zero-order chi connectivity index (χ0) is 14.5. The smallest absolute Gasteiger partial charge is 0.254 e. The van der Waals surface area contributed by atoms with Crippen molar-refractivity contribution in [2.24, 2.45) is 7.05 Å². The second kappa shape index (κ2) is 6.19. The summed E-state index contributed by atoms with van der Waals surface area (Å²) in [6.07, 6.45) is 3.97. The molecule has 20 heavy (non-hydrogen) atoms. The maximum absolute atomic E-state index is 13.9. The van der Waals surface area contributed by atoms with Crippen LogP contribution in [0.5, 0.6) is 5.75 Å². The molecule has 104 valence electrons. The molecule has 0 bridgehead atoms. The van der Waals surface area contributed by atoms with Gasteiger partial charge in [0.25, 0.3) is 5.56 Å². The van der Waals surface area contributed by atoms with Crippen molar-refractivity contribution in [2.45, 2.75) is 6.42 Å². The van der Waals surface area contributed by atoms with Crippen molar-refractivity contribution in [1.82, 2.24) is 4.57 Å². The molecule has 2 rings (SSSR count). The van der Waals surface area contributed by atoms with Gasteiger partial charge in [0.15, 0.2) is 0 Å². The van der Waals surface area contributed by atoms with Crippen molar-refractivity contribution in [2.75, 3.05) is 6.61 Å². The number of halogens is 1. The Bertz CT molecular complexity index is 676. The van der Waals surface area contributed by atoms with Crippen LogP contribution in [0.2, 0.25) is 0 Å². The first-order valence-electron chi connectivity index (χ1n) is 6.32. The minimum atomic E-state index is -0.347. The molecule has 3 nitrogen and oxygen atoms in total. The summed E-state index contributed by atoms with van der Waals surface area (Å²) in [5.74, 6) is 0.0415. The fraction of sp³-hybridized carbons (Fsp3) is 0.188. The molecule has 2 aromatic rings. The van der Waals surface area contributed by atoms with E-state index in [1.54, 1.807) is 37.5 Å². The molecule has 0 spiro atoms. The monoisotopic (exact) mass is 273 g/mol. The first kappa shape index (κ1) is 14.1. The van der Waals surface area contributed by atoms with Crippen LogP contribution in [0, 0.1) is 5.82 Å². The highest BCUT2D eigenvalue weighted by molar-refractivity contribution is 5.69. The molecule has 1 heterocycles. The molecule has 0 aliphatic heterocycles. The third kappa shape index (κ3) is 2.96. The van der Waals surface area contributed by atoms with Gasteiger partial charge in [-0.3, -0.25) is 4.79 Å². The van der Waals surface area contributed by atoms with E-state index in [0.29, 0.717) is 29.9 Å². The standard InChI is InChI=1S/C16H16FNO2/c1-3-4-9-20-15-10-16(19)18(2)11-13(15)12-7-5-6-8-14(12)17/h3,5-8,10-11H,1,4,9H2,2H3. The second-order valence-corrected chi connectivity index (χ2v) is 4.41. The number of aromatic nitrogens is 1. The highest BCUT2D eigenvalue weighted by Gasteiger charge is 2.12. The lowest BCUT2D eigenvalue weighted by Crippen LogP contribution is -2.16. The molecule has 0 amide bonds. The molecule has 1 aromatic carbocycles. The molecule has 0 unspecified atom stereocenters. The summed E-state index contributed by atoms with van der Waals surface area (Å²) in [6, 6.07) is 7.80. The summed E-state index contributed by atoms with van der Waals surface area (Å²) in [6.45, 7) is 4.01. The van der Waals surface area contributed by atoms with Gasteiger partial charge in [-0.1, -0.05) is 24.3 Å². The summed E-state index contributed by atoms with van der Waals surface area (Å²) < 4.78 is 20.9. The number of aryl methyl sites for hydroxylation is 1. The van der Waals surface area contributed by atoms with Crippen LogP contribution >= 0.6 is 0 Å².